The van der Waals surface area contributed by atoms with Gasteiger partial charge < -0.3 is 5.32 Å². The van der Waals surface area contributed by atoms with Gasteiger partial charge in [-0.15, -0.1) is 23.7 Å². The lowest BCUT2D eigenvalue weighted by molar-refractivity contribution is 0.196. The molecule has 0 unspecified atom stereocenters. The maximum atomic E-state index is 3.51. The van der Waals surface area contributed by atoms with E-state index in [1.807, 2.05) is 11.3 Å². The first-order chi connectivity index (χ1) is 7.28. The summed E-state index contributed by atoms with van der Waals surface area (Å²) in [5, 5.41) is 3.36. The Morgan fingerprint density at radius 1 is 1.44 bits per heavy atom. The molecule has 2 rings (SSSR count). The molecule has 1 saturated heterocycles. The van der Waals surface area contributed by atoms with Gasteiger partial charge in [-0.05, 0) is 61.0 Å². The lowest BCUT2D eigenvalue weighted by Gasteiger charge is -2.31. The Bertz CT molecular complexity index is 311. The van der Waals surface area contributed by atoms with Gasteiger partial charge in [0.1, 0.15) is 0 Å². The van der Waals surface area contributed by atoms with Gasteiger partial charge in [-0.2, -0.15) is 0 Å². The van der Waals surface area contributed by atoms with E-state index in [2.05, 4.69) is 45.3 Å². The van der Waals surface area contributed by atoms with E-state index in [1.165, 1.54) is 34.6 Å². The fourth-order valence-electron chi connectivity index (χ4n) is 2.04. The third kappa shape index (κ3) is 4.00. The van der Waals surface area contributed by atoms with Gasteiger partial charge in [0.05, 0.1) is 3.79 Å². The van der Waals surface area contributed by atoms with Crippen LogP contribution in [0.3, 0.4) is 0 Å². The Balaban J connectivity index is 0.00000128. The molecule has 0 aliphatic carbocycles. The molecule has 1 fully saturated rings. The van der Waals surface area contributed by atoms with Crippen LogP contribution in [0.25, 0.3) is 0 Å². The van der Waals surface area contributed by atoms with E-state index in [0.29, 0.717) is 0 Å². The molecule has 0 aromatic carbocycles. The van der Waals surface area contributed by atoms with Crippen molar-refractivity contribution in [2.45, 2.75) is 25.4 Å². The van der Waals surface area contributed by atoms with Crippen LogP contribution in [0, 0.1) is 0 Å². The summed E-state index contributed by atoms with van der Waals surface area (Å²) in [5.41, 5.74) is 0. The largest absolute Gasteiger partial charge is 0.317 e. The van der Waals surface area contributed by atoms with Crippen LogP contribution in [0.1, 0.15) is 17.7 Å². The molecule has 0 spiro atoms. The number of hydrogen-bond acceptors (Lipinski definition) is 3. The number of halogens is 2. The number of thiophene rings is 1. The third-order valence-electron chi connectivity index (χ3n) is 3.00. The molecule has 1 aromatic heterocycles. The molecule has 2 heterocycles. The molecular formula is C11H18BrClN2S. The van der Waals surface area contributed by atoms with E-state index >= 15 is 0 Å². The maximum absolute atomic E-state index is 3.51. The third-order valence-corrected chi connectivity index (χ3v) is 4.61. The van der Waals surface area contributed by atoms with Crippen molar-refractivity contribution in [3.63, 3.8) is 0 Å². The molecule has 92 valence electrons. The van der Waals surface area contributed by atoms with Crippen LogP contribution in [0.15, 0.2) is 15.9 Å². The average Bonchev–Trinajstić information content (AvgIpc) is 2.65. The Morgan fingerprint density at radius 3 is 2.62 bits per heavy atom. The van der Waals surface area contributed by atoms with Crippen LogP contribution >= 0.6 is 39.7 Å². The zero-order chi connectivity index (χ0) is 10.7. The second-order valence-corrected chi connectivity index (χ2v) is 6.59. The average molecular weight is 326 g/mol. The molecule has 1 aliphatic heterocycles. The van der Waals surface area contributed by atoms with E-state index < -0.39 is 0 Å². The molecule has 0 atom stereocenters. The molecule has 5 heteroatoms. The van der Waals surface area contributed by atoms with Crippen molar-refractivity contribution in [3.05, 3.63) is 20.8 Å². The fourth-order valence-corrected chi connectivity index (χ4v) is 3.56. The molecule has 1 aliphatic rings. The van der Waals surface area contributed by atoms with E-state index in [0.717, 1.165) is 12.6 Å². The second-order valence-electron chi connectivity index (χ2n) is 4.04. The summed E-state index contributed by atoms with van der Waals surface area (Å²) < 4.78 is 1.24. The SMILES string of the molecule is CNC1CCN(Cc2ccc(Br)s2)CC1.Cl. The van der Waals surface area contributed by atoms with Crippen LogP contribution in [-0.4, -0.2) is 31.1 Å². The van der Waals surface area contributed by atoms with Crippen molar-refractivity contribution in [2.24, 2.45) is 0 Å². The highest BCUT2D eigenvalue weighted by molar-refractivity contribution is 9.11. The minimum Gasteiger partial charge on any atom is -0.317 e. The van der Waals surface area contributed by atoms with Gasteiger partial charge in [-0.1, -0.05) is 0 Å². The van der Waals surface area contributed by atoms with Crippen LogP contribution in [0.2, 0.25) is 0 Å². The van der Waals surface area contributed by atoms with Gasteiger partial charge in [0.2, 0.25) is 0 Å². The molecule has 16 heavy (non-hydrogen) atoms. The smallest absolute Gasteiger partial charge is 0.0701 e. The van der Waals surface area contributed by atoms with Crippen molar-refractivity contribution in [1.29, 1.82) is 0 Å². The van der Waals surface area contributed by atoms with Gasteiger partial charge in [-0.25, -0.2) is 0 Å². The van der Waals surface area contributed by atoms with Crippen LogP contribution in [0.4, 0.5) is 0 Å². The lowest BCUT2D eigenvalue weighted by atomic mass is 10.1. The zero-order valence-corrected chi connectivity index (χ0v) is 12.6. The van der Waals surface area contributed by atoms with Crippen molar-refractivity contribution in [3.8, 4) is 0 Å². The van der Waals surface area contributed by atoms with E-state index in [9.17, 15) is 0 Å². The number of piperidine rings is 1. The van der Waals surface area contributed by atoms with Crippen molar-refractivity contribution in [2.75, 3.05) is 20.1 Å². The molecule has 0 bridgehead atoms. The topological polar surface area (TPSA) is 15.3 Å². The second kappa shape index (κ2) is 6.97. The number of rotatable bonds is 3. The summed E-state index contributed by atoms with van der Waals surface area (Å²) in [5.74, 6) is 0. The lowest BCUT2D eigenvalue weighted by Crippen LogP contribution is -2.40. The molecule has 1 aromatic rings. The molecule has 0 amide bonds. The predicted molar refractivity (Wildman–Crippen MR) is 76.6 cm³/mol. The summed E-state index contributed by atoms with van der Waals surface area (Å²) in [4.78, 5) is 4.01. The minimum atomic E-state index is 0. The predicted octanol–water partition coefficient (Wildman–Crippen LogP) is 3.12. The van der Waals surface area contributed by atoms with Gasteiger partial charge in [0, 0.05) is 17.5 Å². The highest BCUT2D eigenvalue weighted by atomic mass is 79.9. The zero-order valence-electron chi connectivity index (χ0n) is 9.41. The first-order valence-electron chi connectivity index (χ1n) is 5.42. The molecule has 0 saturated carbocycles. The number of nitrogens with zero attached hydrogens (tertiary/aromatic N) is 1. The maximum Gasteiger partial charge on any atom is 0.0701 e. The monoisotopic (exact) mass is 324 g/mol. The normalized spacial score (nSPS) is 18.4. The van der Waals surface area contributed by atoms with Crippen molar-refractivity contribution in [1.82, 2.24) is 10.2 Å². The molecule has 1 N–H and O–H groups in total. The number of hydrogen-bond donors (Lipinski definition) is 1. The van der Waals surface area contributed by atoms with Gasteiger partial charge >= 0.3 is 0 Å². The Kier molecular flexibility index (Phi) is 6.29. The standard InChI is InChI=1S/C11H17BrN2S.ClH/c1-13-9-4-6-14(7-5-9)8-10-2-3-11(12)15-10;/h2-3,9,13H,4-8H2,1H3;1H. The first-order valence-corrected chi connectivity index (χ1v) is 7.02. The van der Waals surface area contributed by atoms with Crippen LogP contribution in [-0.2, 0) is 6.54 Å². The molecular weight excluding hydrogens is 308 g/mol. The summed E-state index contributed by atoms with van der Waals surface area (Å²) in [6, 6.07) is 5.09. The highest BCUT2D eigenvalue weighted by Crippen LogP contribution is 2.24. The van der Waals surface area contributed by atoms with Crippen LogP contribution in [0.5, 0.6) is 0 Å². The highest BCUT2D eigenvalue weighted by Gasteiger charge is 2.17. The van der Waals surface area contributed by atoms with Gasteiger partial charge in [0.25, 0.3) is 0 Å². The molecule has 0 radical (unpaired) electrons. The van der Waals surface area contributed by atoms with E-state index in [1.54, 1.807) is 0 Å². The van der Waals surface area contributed by atoms with E-state index in [4.69, 9.17) is 0 Å². The van der Waals surface area contributed by atoms with Crippen molar-refractivity contribution >= 4 is 39.7 Å². The molecule has 2 nitrogen and oxygen atoms in total. The summed E-state index contributed by atoms with van der Waals surface area (Å²) in [6.07, 6.45) is 2.56. The number of nitrogens with one attached hydrogen (secondary N) is 1. The van der Waals surface area contributed by atoms with Crippen molar-refractivity contribution < 1.29 is 0 Å². The first kappa shape index (κ1) is 14.5. The fraction of sp³-hybridized carbons (Fsp3) is 0.636. The van der Waals surface area contributed by atoms with E-state index in [-0.39, 0.29) is 12.4 Å². The van der Waals surface area contributed by atoms with Gasteiger partial charge in [-0.3, -0.25) is 4.90 Å². The van der Waals surface area contributed by atoms with Gasteiger partial charge in [0.15, 0.2) is 0 Å². The Hall–Kier alpha value is 0.390. The van der Waals surface area contributed by atoms with Crippen LogP contribution < -0.4 is 5.32 Å². The summed E-state index contributed by atoms with van der Waals surface area (Å²) >= 11 is 5.36. The number of likely N-dealkylation sites (tertiary alicyclic amines) is 1. The summed E-state index contributed by atoms with van der Waals surface area (Å²) in [7, 11) is 2.07. The Morgan fingerprint density at radius 2 is 2.12 bits per heavy atom. The summed E-state index contributed by atoms with van der Waals surface area (Å²) in [6.45, 7) is 3.56. The minimum absolute atomic E-state index is 0. The quantitative estimate of drug-likeness (QED) is 0.918. The Labute approximate surface area is 116 Å².